The van der Waals surface area contributed by atoms with Gasteiger partial charge < -0.3 is 25.7 Å². The summed E-state index contributed by atoms with van der Waals surface area (Å²) in [4.78, 5) is 37.3. The summed E-state index contributed by atoms with van der Waals surface area (Å²) < 4.78 is 19.1. The minimum Gasteiger partial charge on any atom is -0.478 e. The van der Waals surface area contributed by atoms with Gasteiger partial charge in [-0.15, -0.1) is 0 Å². The Kier molecular flexibility index (Phi) is 5.41. The monoisotopic (exact) mass is 364 g/mol. The highest BCUT2D eigenvalue weighted by Crippen LogP contribution is 2.32. The number of aromatic carboxylic acids is 2. The number of carbonyl (C=O) groups is 2. The van der Waals surface area contributed by atoms with Crippen LogP contribution in [0, 0.1) is 5.82 Å². The Morgan fingerprint density at radius 1 is 1.23 bits per heavy atom. The number of hydrogen-bond donors (Lipinski definition) is 4. The Hall–Kier alpha value is -3.20. The molecule has 0 radical (unpaired) electrons. The van der Waals surface area contributed by atoms with Crippen molar-refractivity contribution in [2.45, 2.75) is 26.6 Å². The molecule has 0 unspecified atom stereocenters. The first-order chi connectivity index (χ1) is 12.1. The molecular weight excluding hydrogens is 347 g/mol. The number of pyridine rings is 1. The van der Waals surface area contributed by atoms with Gasteiger partial charge in [0.2, 0.25) is 0 Å². The van der Waals surface area contributed by atoms with E-state index in [-0.39, 0.29) is 23.8 Å². The zero-order chi connectivity index (χ0) is 19.6. The predicted molar refractivity (Wildman–Crippen MR) is 90.7 cm³/mol. The van der Waals surface area contributed by atoms with Crippen LogP contribution in [0.25, 0.3) is 11.1 Å². The van der Waals surface area contributed by atoms with E-state index < -0.39 is 45.8 Å². The number of benzene rings is 1. The lowest BCUT2D eigenvalue weighted by Gasteiger charge is -2.16. The molecule has 0 saturated carbocycles. The van der Waals surface area contributed by atoms with Crippen LogP contribution in [0.15, 0.2) is 23.0 Å². The van der Waals surface area contributed by atoms with Gasteiger partial charge in [0, 0.05) is 5.56 Å². The van der Waals surface area contributed by atoms with Gasteiger partial charge in [-0.3, -0.25) is 4.79 Å². The number of aromatic amines is 1. The number of H-pyrrole nitrogens is 1. The molecule has 2 aromatic rings. The van der Waals surface area contributed by atoms with Crippen molar-refractivity contribution in [1.29, 1.82) is 0 Å². The zero-order valence-corrected chi connectivity index (χ0v) is 14.0. The maximum Gasteiger partial charge on any atom is 0.342 e. The number of aromatic nitrogens is 1. The summed E-state index contributed by atoms with van der Waals surface area (Å²) in [5.41, 5.74) is 2.99. The Balaban J connectivity index is 2.89. The Labute approximate surface area is 147 Å². The lowest BCUT2D eigenvalue weighted by Crippen LogP contribution is -2.24. The van der Waals surface area contributed by atoms with E-state index >= 15 is 0 Å². The Morgan fingerprint density at radius 2 is 1.85 bits per heavy atom. The quantitative estimate of drug-likeness (QED) is 0.614. The normalized spacial score (nSPS) is 10.9. The van der Waals surface area contributed by atoms with Gasteiger partial charge in [-0.25, -0.2) is 14.0 Å². The molecule has 0 bridgehead atoms. The van der Waals surface area contributed by atoms with Crippen LogP contribution in [0.1, 0.15) is 40.1 Å². The number of carboxylic acids is 2. The summed E-state index contributed by atoms with van der Waals surface area (Å²) >= 11 is 0. The van der Waals surface area contributed by atoms with Gasteiger partial charge in [0.05, 0.1) is 12.7 Å². The Morgan fingerprint density at radius 3 is 2.38 bits per heavy atom. The fourth-order valence-electron chi connectivity index (χ4n) is 2.50. The molecule has 0 saturated heterocycles. The summed E-state index contributed by atoms with van der Waals surface area (Å²) in [6, 6.07) is 3.32. The van der Waals surface area contributed by atoms with Crippen molar-refractivity contribution < 1.29 is 28.9 Å². The topological polar surface area (TPSA) is 143 Å². The number of nitrogens with two attached hydrogens (primary N) is 1. The van der Waals surface area contributed by atoms with E-state index in [2.05, 4.69) is 0 Å². The molecule has 0 spiro atoms. The third-order valence-electron chi connectivity index (χ3n) is 3.58. The second kappa shape index (κ2) is 7.36. The number of ether oxygens (including phenoxy) is 1. The highest BCUT2D eigenvalue weighted by molar-refractivity contribution is 6.07. The van der Waals surface area contributed by atoms with Crippen LogP contribution in [0.2, 0.25) is 0 Å². The van der Waals surface area contributed by atoms with Gasteiger partial charge in [-0.1, -0.05) is 6.07 Å². The number of nitrogens with one attached hydrogen (secondary N) is 1. The third-order valence-corrected chi connectivity index (χ3v) is 3.58. The maximum atomic E-state index is 13.7. The third kappa shape index (κ3) is 3.72. The molecule has 0 fully saturated rings. The standard InChI is InChI=1S/C17H17FN2O6/c1-7(2)26-6-8-5-9(18)3-4-10(8)11-12(16(22)23)14(19)20-15(21)13(11)17(24)25/h3-5,7H,6H2,1-2H3,(H,22,23)(H,24,25)(H3,19,20,21). The van der Waals surface area contributed by atoms with E-state index in [0.29, 0.717) is 0 Å². The smallest absolute Gasteiger partial charge is 0.342 e. The van der Waals surface area contributed by atoms with Crippen LogP contribution in [-0.4, -0.2) is 33.2 Å². The number of carboxylic acid groups (broad SMARTS) is 2. The van der Waals surface area contributed by atoms with E-state index in [4.69, 9.17) is 10.5 Å². The van der Waals surface area contributed by atoms with Gasteiger partial charge >= 0.3 is 11.9 Å². The predicted octanol–water partition coefficient (Wildman–Crippen LogP) is 2.08. The van der Waals surface area contributed by atoms with Gasteiger partial charge in [-0.2, -0.15) is 0 Å². The zero-order valence-electron chi connectivity index (χ0n) is 14.0. The van der Waals surface area contributed by atoms with Crippen molar-refractivity contribution >= 4 is 17.8 Å². The second-order valence-corrected chi connectivity index (χ2v) is 5.76. The molecule has 9 heteroatoms. The van der Waals surface area contributed by atoms with Crippen LogP contribution < -0.4 is 11.3 Å². The molecule has 138 valence electrons. The summed E-state index contributed by atoms with van der Waals surface area (Å²) in [5.74, 6) is -4.29. The van der Waals surface area contributed by atoms with Crippen LogP contribution >= 0.6 is 0 Å². The van der Waals surface area contributed by atoms with Crippen molar-refractivity contribution in [1.82, 2.24) is 4.98 Å². The van der Waals surface area contributed by atoms with Gasteiger partial charge in [-0.05, 0) is 37.1 Å². The molecule has 1 heterocycles. The van der Waals surface area contributed by atoms with E-state index in [1.807, 2.05) is 4.98 Å². The van der Waals surface area contributed by atoms with E-state index in [1.165, 1.54) is 6.07 Å². The first-order valence-electron chi connectivity index (χ1n) is 7.56. The van der Waals surface area contributed by atoms with Crippen LogP contribution in [0.5, 0.6) is 0 Å². The first-order valence-corrected chi connectivity index (χ1v) is 7.56. The number of hydrogen-bond acceptors (Lipinski definition) is 5. The molecule has 1 aromatic heterocycles. The highest BCUT2D eigenvalue weighted by atomic mass is 19.1. The number of halogens is 1. The molecule has 0 atom stereocenters. The largest absolute Gasteiger partial charge is 0.478 e. The molecule has 0 amide bonds. The summed E-state index contributed by atoms with van der Waals surface area (Å²) in [6.07, 6.45) is -0.215. The lowest BCUT2D eigenvalue weighted by molar-refractivity contribution is 0.0655. The summed E-state index contributed by atoms with van der Waals surface area (Å²) in [5, 5.41) is 18.9. The van der Waals surface area contributed by atoms with Crippen molar-refractivity contribution in [2.24, 2.45) is 0 Å². The maximum absolute atomic E-state index is 13.7. The van der Waals surface area contributed by atoms with Crippen LogP contribution in [0.3, 0.4) is 0 Å². The van der Waals surface area contributed by atoms with E-state index in [0.717, 1.165) is 12.1 Å². The molecule has 0 aliphatic rings. The SMILES string of the molecule is CC(C)OCc1cc(F)ccc1-c1c(C(=O)O)c(N)[nH]c(=O)c1C(=O)O. The fraction of sp³-hybridized carbons (Fsp3) is 0.235. The van der Waals surface area contributed by atoms with E-state index in [9.17, 15) is 29.0 Å². The molecule has 0 aliphatic carbocycles. The highest BCUT2D eigenvalue weighted by Gasteiger charge is 2.28. The minimum absolute atomic E-state index is 0.0413. The molecule has 26 heavy (non-hydrogen) atoms. The number of nitrogen functional groups attached to an aromatic ring is 1. The first kappa shape index (κ1) is 19.1. The molecule has 0 aliphatic heterocycles. The van der Waals surface area contributed by atoms with E-state index in [1.54, 1.807) is 13.8 Å². The van der Waals surface area contributed by atoms with Crippen molar-refractivity contribution in [3.05, 3.63) is 51.1 Å². The van der Waals surface area contributed by atoms with Crippen molar-refractivity contribution in [3.8, 4) is 11.1 Å². The molecule has 2 rings (SSSR count). The fourth-order valence-corrected chi connectivity index (χ4v) is 2.50. The summed E-state index contributed by atoms with van der Waals surface area (Å²) in [7, 11) is 0. The molecular formula is C17H17FN2O6. The molecule has 8 nitrogen and oxygen atoms in total. The number of rotatable bonds is 6. The molecule has 1 aromatic carbocycles. The number of anilines is 1. The minimum atomic E-state index is -1.64. The summed E-state index contributed by atoms with van der Waals surface area (Å²) in [6.45, 7) is 3.38. The Bertz CT molecular complexity index is 936. The average molecular weight is 364 g/mol. The van der Waals surface area contributed by atoms with Crippen LogP contribution in [-0.2, 0) is 11.3 Å². The van der Waals surface area contributed by atoms with Gasteiger partial charge in [0.15, 0.2) is 0 Å². The van der Waals surface area contributed by atoms with Crippen LogP contribution in [0.4, 0.5) is 10.2 Å². The van der Waals surface area contributed by atoms with Crippen molar-refractivity contribution in [3.63, 3.8) is 0 Å². The lowest BCUT2D eigenvalue weighted by atomic mass is 9.92. The average Bonchev–Trinajstić information content (AvgIpc) is 2.51. The van der Waals surface area contributed by atoms with Gasteiger partial charge in [0.1, 0.15) is 22.8 Å². The second-order valence-electron chi connectivity index (χ2n) is 5.76. The van der Waals surface area contributed by atoms with Gasteiger partial charge in [0.25, 0.3) is 5.56 Å². The molecule has 5 N–H and O–H groups in total. The van der Waals surface area contributed by atoms with Crippen molar-refractivity contribution in [2.75, 3.05) is 5.73 Å².